The average molecular weight is 846 g/mol. The second kappa shape index (κ2) is 36.3. The third-order valence-corrected chi connectivity index (χ3v) is 8.10. The number of nitrogens with one attached hydrogen (secondary N) is 1. The largest absolute Gasteiger partial charge is 2.00 e. The van der Waals surface area contributed by atoms with E-state index in [9.17, 15) is 4.79 Å². The van der Waals surface area contributed by atoms with Crippen LogP contribution in [0, 0.1) is 56.3 Å². The van der Waals surface area contributed by atoms with Gasteiger partial charge in [-0.1, -0.05) is 117 Å². The Kier molecular flexibility index (Phi) is 40.3. The van der Waals surface area contributed by atoms with E-state index in [2.05, 4.69) is 33.0 Å². The van der Waals surface area contributed by atoms with Gasteiger partial charge in [-0.3, -0.25) is 4.79 Å². The molecular formula is C37H74BNO4U. The van der Waals surface area contributed by atoms with E-state index in [0.717, 1.165) is 32.2 Å². The Bertz CT molecular complexity index is 580. The number of hydrogen-bond acceptors (Lipinski definition) is 4. The number of ether oxygens (including phenoxy) is 2. The fraction of sp³-hybridized carbons (Fsp3) is 0.919. The van der Waals surface area contributed by atoms with E-state index in [-0.39, 0.29) is 67.3 Å². The number of aliphatic hydroxyl groups is 1. The maximum absolute atomic E-state index is 11.7. The molecule has 1 amide bonds. The van der Waals surface area contributed by atoms with Crippen molar-refractivity contribution in [3.05, 3.63) is 13.3 Å². The van der Waals surface area contributed by atoms with Crippen LogP contribution >= 0.6 is 0 Å². The summed E-state index contributed by atoms with van der Waals surface area (Å²) in [6, 6.07) is -0.230. The molecule has 0 aromatic heterocycles. The van der Waals surface area contributed by atoms with Crippen molar-refractivity contribution in [2.45, 2.75) is 195 Å². The monoisotopic (exact) mass is 846 g/mol. The number of carbonyl (C=O) groups is 1. The molecule has 0 aromatic rings. The maximum atomic E-state index is 11.7. The molecule has 0 aromatic carbocycles. The van der Waals surface area contributed by atoms with E-state index in [1.165, 1.54) is 89.9 Å². The quantitative estimate of drug-likeness (QED) is 0.0578. The second-order valence-corrected chi connectivity index (χ2v) is 12.8. The molecule has 44 heavy (non-hydrogen) atoms. The van der Waals surface area contributed by atoms with Crippen molar-refractivity contribution in [2.75, 3.05) is 13.2 Å². The molecule has 1 aliphatic heterocycles. The number of unbranched alkanes of at least 4 members (excludes halogenated alkanes) is 15. The van der Waals surface area contributed by atoms with Gasteiger partial charge in [-0.25, -0.2) is 0 Å². The van der Waals surface area contributed by atoms with Crippen LogP contribution in [0.2, 0.25) is 0 Å². The molecule has 258 valence electrons. The van der Waals surface area contributed by atoms with Gasteiger partial charge < -0.3 is 33.2 Å². The molecule has 1 fully saturated rings. The number of aliphatic hydroxyl groups excluding tert-OH is 1. The van der Waals surface area contributed by atoms with Crippen molar-refractivity contribution < 1.29 is 50.5 Å². The summed E-state index contributed by atoms with van der Waals surface area (Å²) in [6.07, 6.45) is 25.3. The van der Waals surface area contributed by atoms with Gasteiger partial charge in [-0.05, 0) is 45.1 Å². The zero-order valence-electron chi connectivity index (χ0n) is 30.3. The summed E-state index contributed by atoms with van der Waals surface area (Å²) in [4.78, 5) is 11.7. The SMILES string of the molecule is CCCCCCNC(=O)CCCCCCCCCCCCCCCO.C[CH-]C.[B]C1OC([CH2-])C(OC(C)C)C1C(C)CC.[U+2]. The van der Waals surface area contributed by atoms with Gasteiger partial charge in [-0.15, -0.1) is 0 Å². The van der Waals surface area contributed by atoms with Crippen LogP contribution < -0.4 is 5.32 Å². The van der Waals surface area contributed by atoms with Gasteiger partial charge in [0.15, 0.2) is 0 Å². The Morgan fingerprint density at radius 3 is 1.75 bits per heavy atom. The van der Waals surface area contributed by atoms with Gasteiger partial charge in [0.2, 0.25) is 5.91 Å². The predicted molar refractivity (Wildman–Crippen MR) is 187 cm³/mol. The van der Waals surface area contributed by atoms with Crippen LogP contribution in [0.3, 0.4) is 0 Å². The molecule has 0 bridgehead atoms. The van der Waals surface area contributed by atoms with Crippen molar-refractivity contribution in [3.8, 4) is 0 Å². The van der Waals surface area contributed by atoms with Gasteiger partial charge in [0.05, 0.1) is 12.2 Å². The van der Waals surface area contributed by atoms with Crippen molar-refractivity contribution in [1.82, 2.24) is 5.32 Å². The minimum Gasteiger partial charge on any atom is -0.414 e. The van der Waals surface area contributed by atoms with Crippen LogP contribution in [0.15, 0.2) is 0 Å². The van der Waals surface area contributed by atoms with Crippen molar-refractivity contribution in [3.63, 3.8) is 0 Å². The molecule has 2 radical (unpaired) electrons. The van der Waals surface area contributed by atoms with Crippen LogP contribution in [0.5, 0.6) is 0 Å². The topological polar surface area (TPSA) is 67.8 Å². The van der Waals surface area contributed by atoms with Crippen molar-refractivity contribution in [1.29, 1.82) is 0 Å². The Morgan fingerprint density at radius 2 is 1.32 bits per heavy atom. The first-order chi connectivity index (χ1) is 20.7. The number of rotatable bonds is 24. The van der Waals surface area contributed by atoms with E-state index in [4.69, 9.17) is 22.4 Å². The molecule has 7 heteroatoms. The molecule has 1 aliphatic rings. The summed E-state index contributed by atoms with van der Waals surface area (Å²) < 4.78 is 11.4. The van der Waals surface area contributed by atoms with Crippen LogP contribution in [0.25, 0.3) is 0 Å². The zero-order chi connectivity index (χ0) is 32.7. The van der Waals surface area contributed by atoms with Gasteiger partial charge in [-0.2, -0.15) is 13.8 Å². The van der Waals surface area contributed by atoms with Crippen LogP contribution in [-0.4, -0.2) is 56.3 Å². The average Bonchev–Trinajstić information content (AvgIpc) is 3.24. The fourth-order valence-electron chi connectivity index (χ4n) is 5.43. The fourth-order valence-corrected chi connectivity index (χ4v) is 5.43. The summed E-state index contributed by atoms with van der Waals surface area (Å²) in [5.74, 6) is 1.02. The van der Waals surface area contributed by atoms with E-state index < -0.39 is 0 Å². The Morgan fingerprint density at radius 1 is 0.864 bits per heavy atom. The molecule has 5 nitrogen and oxygen atoms in total. The minimum absolute atomic E-state index is 0. The molecular weight excluding hydrogens is 771 g/mol. The Balaban J connectivity index is -0.000000750. The Hall–Kier alpha value is 0.467. The summed E-state index contributed by atoms with van der Waals surface area (Å²) in [6.45, 7) is 19.8. The molecule has 0 spiro atoms. The summed E-state index contributed by atoms with van der Waals surface area (Å²) in [7, 11) is 5.97. The number of amides is 1. The molecule has 0 aliphatic carbocycles. The number of hydrogen-bond donors (Lipinski definition) is 2. The molecule has 1 rings (SSSR count). The van der Waals surface area contributed by atoms with Crippen molar-refractivity contribution >= 4 is 13.8 Å². The second-order valence-electron chi connectivity index (χ2n) is 12.8. The van der Waals surface area contributed by atoms with E-state index in [1.54, 1.807) is 0 Å². The third kappa shape index (κ3) is 29.8. The van der Waals surface area contributed by atoms with Crippen molar-refractivity contribution in [2.24, 2.45) is 11.8 Å². The van der Waals surface area contributed by atoms with Crippen LogP contribution in [0.4, 0.5) is 0 Å². The normalized spacial score (nSPS) is 19.8. The van der Waals surface area contributed by atoms with Crippen LogP contribution in [-0.2, 0) is 14.3 Å². The van der Waals surface area contributed by atoms with Gasteiger partial charge in [0.1, 0.15) is 7.85 Å². The predicted octanol–water partition coefficient (Wildman–Crippen LogP) is 9.54. The zero-order valence-corrected chi connectivity index (χ0v) is 34.5. The Labute approximate surface area is 301 Å². The van der Waals surface area contributed by atoms with E-state index in [1.807, 2.05) is 34.1 Å². The van der Waals surface area contributed by atoms with Gasteiger partial charge >= 0.3 is 31.1 Å². The summed E-state index contributed by atoms with van der Waals surface area (Å²) in [5, 5.41) is 11.7. The molecule has 1 heterocycles. The third-order valence-electron chi connectivity index (χ3n) is 8.10. The molecule has 5 unspecified atom stereocenters. The first kappa shape index (κ1) is 48.9. The van der Waals surface area contributed by atoms with Crippen LogP contribution in [0.1, 0.15) is 170 Å². The first-order valence-corrected chi connectivity index (χ1v) is 18.2. The summed E-state index contributed by atoms with van der Waals surface area (Å²) >= 11 is 0. The first-order valence-electron chi connectivity index (χ1n) is 18.2. The summed E-state index contributed by atoms with van der Waals surface area (Å²) in [5.41, 5.74) is 0. The standard InChI is InChI=1S/C22H45NO2.C12H22BO2.C3H7.U/c1-2-3-4-17-20-23-22(25)19-16-14-12-10-8-6-5-7-9-11-13-15-18-21-24;1-6-8(4)10-11(14-7(2)3)9(5)15-12(10)13;1-3-2;/h24H,2-21H2,1H3,(H,23,25);7-12H,5-6H2,1-4H3;3H,1-2H3;/q;2*-1;+2. The molecule has 2 N–H and O–H groups in total. The molecule has 5 atom stereocenters. The number of carbonyl (C=O) groups excluding carboxylic acids is 1. The smallest absolute Gasteiger partial charge is 0.414 e. The van der Waals surface area contributed by atoms with Gasteiger partial charge in [0, 0.05) is 31.5 Å². The van der Waals surface area contributed by atoms with E-state index >= 15 is 0 Å². The maximum Gasteiger partial charge on any atom is 2.00 e. The molecule has 1 saturated heterocycles. The molecule has 0 saturated carbocycles. The minimum atomic E-state index is -0.230. The van der Waals surface area contributed by atoms with Gasteiger partial charge in [0.25, 0.3) is 0 Å². The van der Waals surface area contributed by atoms with E-state index in [0.29, 0.717) is 18.9 Å².